The third-order valence-electron chi connectivity index (χ3n) is 2.87. The molecule has 2 atom stereocenters. The van der Waals surface area contributed by atoms with Crippen LogP contribution in [0.4, 0.5) is 5.69 Å². The average Bonchev–Trinajstić information content (AvgIpc) is 2.92. The molecule has 0 saturated carbocycles. The Labute approximate surface area is 97.1 Å². The Morgan fingerprint density at radius 2 is 2.29 bits per heavy atom. The van der Waals surface area contributed by atoms with Crippen molar-refractivity contribution in [3.05, 3.63) is 29.6 Å². The molecule has 2 unspecified atom stereocenters. The molecule has 1 fully saturated rings. The Balaban J connectivity index is 2.03. The van der Waals surface area contributed by atoms with Gasteiger partial charge < -0.3 is 11.2 Å². The second-order valence-electron chi connectivity index (χ2n) is 3.79. The largest absolute Gasteiger partial charge is 0.395 e. The van der Waals surface area contributed by atoms with Gasteiger partial charge in [0, 0.05) is 12.4 Å². The Hall–Kier alpha value is -2.46. The summed E-state index contributed by atoms with van der Waals surface area (Å²) in [5, 5.41) is 8.88. The van der Waals surface area contributed by atoms with Crippen molar-refractivity contribution in [1.82, 2.24) is 20.8 Å². The fourth-order valence-corrected chi connectivity index (χ4v) is 2.00. The second-order valence-corrected chi connectivity index (χ2v) is 3.79. The maximum Gasteiger partial charge on any atom is 0.167 e. The number of aromatic nitrogens is 2. The minimum Gasteiger partial charge on any atom is -0.395 e. The van der Waals surface area contributed by atoms with Crippen LogP contribution < -0.4 is 16.6 Å². The van der Waals surface area contributed by atoms with Gasteiger partial charge in [0.15, 0.2) is 5.69 Å². The maximum absolute atomic E-state index is 8.88. The van der Waals surface area contributed by atoms with Crippen LogP contribution in [-0.4, -0.2) is 16.2 Å². The molecule has 84 valence electrons. The van der Waals surface area contributed by atoms with Crippen molar-refractivity contribution in [3.8, 4) is 6.07 Å². The first-order valence-electron chi connectivity index (χ1n) is 5.06. The molecule has 2 aliphatic heterocycles. The van der Waals surface area contributed by atoms with Crippen LogP contribution in [0.1, 0.15) is 17.4 Å². The van der Waals surface area contributed by atoms with Gasteiger partial charge in [-0.3, -0.25) is 4.99 Å². The first-order valence-corrected chi connectivity index (χ1v) is 5.06. The SMILES string of the molecule is N#Cc1ncnc(C2NNC3=CN=CC32)c1N. The van der Waals surface area contributed by atoms with Crippen LogP contribution in [0.25, 0.3) is 0 Å². The smallest absolute Gasteiger partial charge is 0.167 e. The number of hydrazine groups is 1. The van der Waals surface area contributed by atoms with E-state index in [1.54, 1.807) is 6.20 Å². The van der Waals surface area contributed by atoms with Gasteiger partial charge in [0.2, 0.25) is 0 Å². The normalized spacial score (nSPS) is 25.0. The summed E-state index contributed by atoms with van der Waals surface area (Å²) in [6, 6.07) is 1.82. The summed E-state index contributed by atoms with van der Waals surface area (Å²) in [5.41, 5.74) is 14.1. The van der Waals surface area contributed by atoms with E-state index in [1.165, 1.54) is 6.33 Å². The first-order chi connectivity index (χ1) is 8.31. The van der Waals surface area contributed by atoms with Crippen molar-refractivity contribution >= 4 is 11.9 Å². The summed E-state index contributed by atoms with van der Waals surface area (Å²) in [4.78, 5) is 12.0. The number of nitrogens with zero attached hydrogens (tertiary/aromatic N) is 4. The molecule has 17 heavy (non-hydrogen) atoms. The van der Waals surface area contributed by atoms with Crippen LogP contribution in [0.5, 0.6) is 0 Å². The zero-order chi connectivity index (χ0) is 11.8. The van der Waals surface area contributed by atoms with E-state index in [1.807, 2.05) is 12.3 Å². The summed E-state index contributed by atoms with van der Waals surface area (Å²) >= 11 is 0. The van der Waals surface area contributed by atoms with E-state index in [0.717, 1.165) is 5.70 Å². The third-order valence-corrected chi connectivity index (χ3v) is 2.87. The molecular weight excluding hydrogens is 218 g/mol. The number of nitrogen functional groups attached to an aromatic ring is 1. The number of nitriles is 1. The molecule has 7 nitrogen and oxygen atoms in total. The highest BCUT2D eigenvalue weighted by Gasteiger charge is 2.35. The lowest BCUT2D eigenvalue weighted by Crippen LogP contribution is -2.27. The van der Waals surface area contributed by atoms with Gasteiger partial charge in [0.1, 0.15) is 12.4 Å². The monoisotopic (exact) mass is 227 g/mol. The van der Waals surface area contributed by atoms with E-state index in [4.69, 9.17) is 11.0 Å². The first kappa shape index (κ1) is 9.74. The van der Waals surface area contributed by atoms with Gasteiger partial charge in [0.25, 0.3) is 0 Å². The topological polar surface area (TPSA) is 112 Å². The minimum atomic E-state index is -0.123. The molecule has 0 aliphatic carbocycles. The van der Waals surface area contributed by atoms with Gasteiger partial charge >= 0.3 is 0 Å². The highest BCUT2D eigenvalue weighted by atomic mass is 15.4. The van der Waals surface area contributed by atoms with Gasteiger partial charge in [0.05, 0.1) is 29.0 Å². The molecule has 2 aliphatic rings. The summed E-state index contributed by atoms with van der Waals surface area (Å²) in [6.07, 6.45) is 4.92. The van der Waals surface area contributed by atoms with Crippen molar-refractivity contribution in [2.45, 2.75) is 6.04 Å². The van der Waals surface area contributed by atoms with Crippen molar-refractivity contribution < 1.29 is 0 Å². The lowest BCUT2D eigenvalue weighted by molar-refractivity contribution is 0.543. The van der Waals surface area contributed by atoms with Crippen LogP contribution in [0, 0.1) is 17.2 Å². The molecule has 0 spiro atoms. The third kappa shape index (κ3) is 1.35. The van der Waals surface area contributed by atoms with Crippen LogP contribution in [0.3, 0.4) is 0 Å². The molecule has 7 heteroatoms. The zero-order valence-corrected chi connectivity index (χ0v) is 8.75. The highest BCUT2D eigenvalue weighted by Crippen LogP contribution is 2.33. The molecule has 0 amide bonds. The summed E-state index contributed by atoms with van der Waals surface area (Å²) in [6.45, 7) is 0. The number of anilines is 1. The van der Waals surface area contributed by atoms with E-state index in [2.05, 4.69) is 25.8 Å². The Morgan fingerprint density at radius 3 is 3.12 bits per heavy atom. The van der Waals surface area contributed by atoms with Crippen LogP contribution in [0.15, 0.2) is 23.2 Å². The molecule has 3 rings (SSSR count). The summed E-state index contributed by atoms with van der Waals surface area (Å²) < 4.78 is 0. The molecule has 0 bridgehead atoms. The highest BCUT2D eigenvalue weighted by molar-refractivity contribution is 5.72. The summed E-state index contributed by atoms with van der Waals surface area (Å²) in [7, 11) is 0. The van der Waals surface area contributed by atoms with Gasteiger partial charge in [-0.1, -0.05) is 0 Å². The number of hydrogen-bond acceptors (Lipinski definition) is 7. The quantitative estimate of drug-likeness (QED) is 0.603. The second kappa shape index (κ2) is 3.54. The van der Waals surface area contributed by atoms with Gasteiger partial charge in [-0.05, 0) is 0 Å². The Kier molecular flexibility index (Phi) is 2.03. The summed E-state index contributed by atoms with van der Waals surface area (Å²) in [5.74, 6) is 0.0822. The Morgan fingerprint density at radius 1 is 1.41 bits per heavy atom. The number of rotatable bonds is 1. The van der Waals surface area contributed by atoms with Crippen LogP contribution in [0.2, 0.25) is 0 Å². The van der Waals surface area contributed by atoms with Gasteiger partial charge in [-0.2, -0.15) is 5.26 Å². The number of hydrogen-bond donors (Lipinski definition) is 3. The van der Waals surface area contributed by atoms with Gasteiger partial charge in [-0.15, -0.1) is 0 Å². The van der Waals surface area contributed by atoms with Crippen molar-refractivity contribution in [1.29, 1.82) is 5.26 Å². The van der Waals surface area contributed by atoms with E-state index in [0.29, 0.717) is 11.4 Å². The predicted molar refractivity (Wildman–Crippen MR) is 60.2 cm³/mol. The predicted octanol–water partition coefficient (Wildman–Crippen LogP) is -0.379. The van der Waals surface area contributed by atoms with E-state index in [9.17, 15) is 0 Å². The number of aliphatic imine (C=N–C) groups is 1. The van der Waals surface area contributed by atoms with Gasteiger partial charge in [-0.25, -0.2) is 15.4 Å². The molecule has 1 aromatic rings. The lowest BCUT2D eigenvalue weighted by Gasteiger charge is -2.14. The van der Waals surface area contributed by atoms with Crippen molar-refractivity contribution in [2.24, 2.45) is 10.9 Å². The number of nitrogens with two attached hydrogens (primary N) is 1. The molecule has 3 heterocycles. The van der Waals surface area contributed by atoms with Crippen LogP contribution >= 0.6 is 0 Å². The fourth-order valence-electron chi connectivity index (χ4n) is 2.00. The zero-order valence-electron chi connectivity index (χ0n) is 8.75. The van der Waals surface area contributed by atoms with E-state index in [-0.39, 0.29) is 17.7 Å². The fraction of sp³-hybridized carbons (Fsp3) is 0.200. The van der Waals surface area contributed by atoms with Crippen LogP contribution in [-0.2, 0) is 0 Å². The number of nitrogens with one attached hydrogen (secondary N) is 2. The minimum absolute atomic E-state index is 0.0822. The molecule has 0 aromatic carbocycles. The maximum atomic E-state index is 8.88. The molecule has 1 saturated heterocycles. The molecular formula is C10H9N7. The van der Waals surface area contributed by atoms with Crippen molar-refractivity contribution in [2.75, 3.05) is 5.73 Å². The average molecular weight is 227 g/mol. The Bertz CT molecular complexity index is 569. The standard InChI is InChI=1S/C10H9N7/c11-1-6-8(12)10(15-4-14-6)9-5-2-13-3-7(5)16-17-9/h2-5,9,16-17H,12H2. The number of fused-ring (bicyclic) bond motifs is 1. The lowest BCUT2D eigenvalue weighted by atomic mass is 9.97. The molecule has 4 N–H and O–H groups in total. The van der Waals surface area contributed by atoms with E-state index < -0.39 is 0 Å². The van der Waals surface area contributed by atoms with Crippen molar-refractivity contribution in [3.63, 3.8) is 0 Å². The van der Waals surface area contributed by atoms with E-state index >= 15 is 0 Å². The molecule has 1 aromatic heterocycles. The molecule has 0 radical (unpaired) electrons.